The first kappa shape index (κ1) is 48.8. The summed E-state index contributed by atoms with van der Waals surface area (Å²) in [6.45, 7) is 14.4. The first-order chi connectivity index (χ1) is 39.9. The molecule has 0 saturated carbocycles. The van der Waals surface area contributed by atoms with E-state index in [4.69, 9.17) is 0 Å². The van der Waals surface area contributed by atoms with Gasteiger partial charge >= 0.3 is 0 Å². The van der Waals surface area contributed by atoms with Crippen molar-refractivity contribution in [2.45, 2.75) is 83.5 Å². The lowest BCUT2D eigenvalue weighted by Gasteiger charge is -2.30. The molecule has 0 heterocycles. The highest BCUT2D eigenvalue weighted by Crippen LogP contribution is 2.56. The van der Waals surface area contributed by atoms with Crippen LogP contribution in [0.15, 0.2) is 236 Å². The summed E-state index contributed by atoms with van der Waals surface area (Å²) in [5.41, 5.74) is 32.6. The van der Waals surface area contributed by atoms with Gasteiger partial charge in [0.25, 0.3) is 0 Å². The molecule has 0 atom stereocenters. The van der Waals surface area contributed by atoms with Gasteiger partial charge in [-0.05, 0) is 218 Å². The molecule has 394 valence electrons. The Morgan fingerprint density at radius 3 is 1.51 bits per heavy atom. The van der Waals surface area contributed by atoms with Gasteiger partial charge in [-0.15, -0.1) is 0 Å². The summed E-state index contributed by atoms with van der Waals surface area (Å²) in [6.07, 6.45) is 13.8. The molecule has 11 aromatic rings. The fourth-order valence-electron chi connectivity index (χ4n) is 15.7. The van der Waals surface area contributed by atoms with Crippen LogP contribution in [0, 0.1) is 0 Å². The Labute approximate surface area is 483 Å². The van der Waals surface area contributed by atoms with Crippen molar-refractivity contribution in [2.75, 3.05) is 4.90 Å². The average molecular weight is 1050 g/mol. The highest BCUT2D eigenvalue weighted by Gasteiger charge is 2.40. The standard InChI is InChI=1S/C81H65N/c1-79(2)70-30-18-15-26-59(70)62-41-37-54(45-73(62)79)50-33-35-52(36-34-50)67-49-68(51-21-9-7-10-22-51)77-65-29-14-13-25-58(65)69-46-55(40-44-66(69)78(77)76(67)53-23-11-8-12-24-53)82(56-38-42-63-60-27-16-19-31-71(60)80(3,4)74(63)47-56)57-39-43-64-61-28-17-20-32-72(61)81(5,6)75(64)48-57/h7-12,14,16-24,27-49H,13,15,25-26H2,1-6H3. The molecule has 0 fully saturated rings. The van der Waals surface area contributed by atoms with Gasteiger partial charge in [0, 0.05) is 33.3 Å². The van der Waals surface area contributed by atoms with Crippen molar-refractivity contribution in [1.82, 2.24) is 0 Å². The van der Waals surface area contributed by atoms with Gasteiger partial charge in [-0.3, -0.25) is 0 Å². The van der Waals surface area contributed by atoms with E-state index in [1.165, 1.54) is 155 Å². The Balaban J connectivity index is 0.928. The molecule has 1 heteroatoms. The summed E-state index contributed by atoms with van der Waals surface area (Å²) in [5.74, 6) is 0. The second-order valence-corrected chi connectivity index (χ2v) is 25.3. The van der Waals surface area contributed by atoms with Crippen LogP contribution in [0.1, 0.15) is 105 Å². The predicted molar refractivity (Wildman–Crippen MR) is 349 cm³/mol. The Hall–Kier alpha value is -9.04. The molecule has 11 aromatic carbocycles. The summed E-state index contributed by atoms with van der Waals surface area (Å²) in [5, 5.41) is 5.21. The van der Waals surface area contributed by atoms with Crippen LogP contribution in [0.3, 0.4) is 0 Å². The molecule has 1 nitrogen and oxygen atoms in total. The van der Waals surface area contributed by atoms with E-state index in [0.717, 1.165) is 31.4 Å². The van der Waals surface area contributed by atoms with Crippen LogP contribution in [0.25, 0.3) is 100.0 Å². The molecule has 0 N–H and O–H groups in total. The highest BCUT2D eigenvalue weighted by atomic mass is 15.1. The highest BCUT2D eigenvalue weighted by molar-refractivity contribution is 6.25. The van der Waals surface area contributed by atoms with E-state index in [0.29, 0.717) is 0 Å². The molecule has 0 amide bonds. The van der Waals surface area contributed by atoms with Gasteiger partial charge in [0.1, 0.15) is 0 Å². The van der Waals surface area contributed by atoms with Crippen LogP contribution in [0.2, 0.25) is 0 Å². The van der Waals surface area contributed by atoms with E-state index in [9.17, 15) is 0 Å². The molecule has 16 rings (SSSR count). The fraction of sp³-hybridized carbons (Fsp3) is 0.160. The second kappa shape index (κ2) is 18.0. The minimum absolute atomic E-state index is 0.0186. The van der Waals surface area contributed by atoms with Gasteiger partial charge in [-0.2, -0.15) is 0 Å². The smallest absolute Gasteiger partial charge is 0.0468 e. The van der Waals surface area contributed by atoms with E-state index in [2.05, 4.69) is 283 Å². The molecule has 5 aliphatic carbocycles. The number of allylic oxidation sites excluding steroid dienone is 5. The number of nitrogens with zero attached hydrogens (tertiary/aromatic N) is 1. The van der Waals surface area contributed by atoms with Crippen LogP contribution in [-0.4, -0.2) is 0 Å². The molecule has 0 aliphatic heterocycles. The van der Waals surface area contributed by atoms with Crippen molar-refractivity contribution >= 4 is 50.3 Å². The number of rotatable bonds is 7. The third-order valence-electron chi connectivity index (χ3n) is 19.8. The van der Waals surface area contributed by atoms with Crippen molar-refractivity contribution in [1.29, 1.82) is 0 Å². The lowest BCUT2D eigenvalue weighted by molar-refractivity contribution is 0.651. The molecule has 5 aliphatic rings. The normalized spacial score (nSPS) is 16.1. The minimum Gasteiger partial charge on any atom is -0.310 e. The van der Waals surface area contributed by atoms with E-state index >= 15 is 0 Å². The Bertz CT molecular complexity index is 4510. The van der Waals surface area contributed by atoms with Gasteiger partial charge in [0.05, 0.1) is 0 Å². The van der Waals surface area contributed by atoms with Gasteiger partial charge in [-0.25, -0.2) is 0 Å². The third-order valence-corrected chi connectivity index (χ3v) is 19.8. The average Bonchev–Trinajstić information content (AvgIpc) is 2.21. The maximum Gasteiger partial charge on any atom is 0.0468 e. The fourth-order valence-corrected chi connectivity index (χ4v) is 15.7. The zero-order valence-electron chi connectivity index (χ0n) is 47.8. The number of anilines is 3. The van der Waals surface area contributed by atoms with Gasteiger partial charge < -0.3 is 4.90 Å². The molecule has 0 saturated heterocycles. The summed E-state index contributed by atoms with van der Waals surface area (Å²) in [4.78, 5) is 2.56. The third kappa shape index (κ3) is 7.11. The molecule has 0 bridgehead atoms. The zero-order valence-corrected chi connectivity index (χ0v) is 47.8. The second-order valence-electron chi connectivity index (χ2n) is 25.3. The lowest BCUT2D eigenvalue weighted by atomic mass is 9.78. The van der Waals surface area contributed by atoms with E-state index < -0.39 is 0 Å². The van der Waals surface area contributed by atoms with Crippen LogP contribution in [0.4, 0.5) is 17.1 Å². The molecule has 82 heavy (non-hydrogen) atoms. The number of hydrogen-bond acceptors (Lipinski definition) is 1. The van der Waals surface area contributed by atoms with Gasteiger partial charge in [0.15, 0.2) is 0 Å². The SMILES string of the molecule is CC1(C)C2=C(CCC=C2)c2ccc(-c3ccc(-c4cc(-c5ccccc5)c5c6c(c7cc(N(c8ccc9c(c8)C(C)(C)c8ccccc8-9)c8ccc9c(c8)C(C)(C)c8ccccc8-9)ccc7c5c4-c4ccccc4)CCC=C6)cc3)cc21. The molecule has 0 unspecified atom stereocenters. The Kier molecular flexibility index (Phi) is 10.7. The molecule has 0 radical (unpaired) electrons. The summed E-state index contributed by atoms with van der Waals surface area (Å²) >= 11 is 0. The Morgan fingerprint density at radius 1 is 0.329 bits per heavy atom. The van der Waals surface area contributed by atoms with Crippen molar-refractivity contribution in [2.24, 2.45) is 0 Å². The molecule has 0 aromatic heterocycles. The first-order valence-electron chi connectivity index (χ1n) is 29.8. The molecular formula is C81H65N. The van der Waals surface area contributed by atoms with Crippen molar-refractivity contribution < 1.29 is 0 Å². The van der Waals surface area contributed by atoms with Crippen LogP contribution >= 0.6 is 0 Å². The van der Waals surface area contributed by atoms with Crippen molar-refractivity contribution in [3.8, 4) is 66.8 Å². The number of fused-ring (bicyclic) bond motifs is 14. The largest absolute Gasteiger partial charge is 0.310 e. The van der Waals surface area contributed by atoms with Crippen molar-refractivity contribution in [3.63, 3.8) is 0 Å². The number of hydrogen-bond donors (Lipinski definition) is 0. The topological polar surface area (TPSA) is 3.24 Å². The Morgan fingerprint density at radius 2 is 0.841 bits per heavy atom. The molecular weight excluding hydrogens is 987 g/mol. The van der Waals surface area contributed by atoms with E-state index in [1.54, 1.807) is 0 Å². The number of aryl methyl sites for hydroxylation is 1. The minimum atomic E-state index is -0.154. The lowest BCUT2D eigenvalue weighted by Crippen LogP contribution is -2.18. The van der Waals surface area contributed by atoms with Crippen LogP contribution < -0.4 is 4.90 Å². The first-order valence-corrected chi connectivity index (χ1v) is 29.8. The molecule has 0 spiro atoms. The quantitative estimate of drug-likeness (QED) is 0.144. The monoisotopic (exact) mass is 1050 g/mol. The maximum atomic E-state index is 2.56. The van der Waals surface area contributed by atoms with Crippen LogP contribution in [-0.2, 0) is 22.7 Å². The van der Waals surface area contributed by atoms with Crippen LogP contribution in [0.5, 0.6) is 0 Å². The summed E-state index contributed by atoms with van der Waals surface area (Å²) in [6, 6.07) is 81.5. The van der Waals surface area contributed by atoms with E-state index in [-0.39, 0.29) is 16.2 Å². The van der Waals surface area contributed by atoms with Crippen molar-refractivity contribution in [3.05, 3.63) is 281 Å². The summed E-state index contributed by atoms with van der Waals surface area (Å²) < 4.78 is 0. The maximum absolute atomic E-state index is 2.56. The summed E-state index contributed by atoms with van der Waals surface area (Å²) in [7, 11) is 0. The van der Waals surface area contributed by atoms with Gasteiger partial charge in [-0.1, -0.05) is 230 Å². The van der Waals surface area contributed by atoms with E-state index in [1.807, 2.05) is 0 Å². The number of benzene rings is 11. The van der Waals surface area contributed by atoms with Gasteiger partial charge in [0.2, 0.25) is 0 Å². The predicted octanol–water partition coefficient (Wildman–Crippen LogP) is 22.1. The zero-order chi connectivity index (χ0) is 55.2.